The van der Waals surface area contributed by atoms with E-state index in [1.807, 2.05) is 24.3 Å². The largest absolute Gasteiger partial charge is 0.481 e. The Labute approximate surface area is 205 Å². The van der Waals surface area contributed by atoms with Crippen molar-refractivity contribution in [2.45, 2.75) is 39.2 Å². The normalized spacial score (nSPS) is 21.2. The minimum atomic E-state index is -0.987. The fourth-order valence-corrected chi connectivity index (χ4v) is 4.68. The van der Waals surface area contributed by atoms with Crippen LogP contribution in [0.15, 0.2) is 48.5 Å². The lowest BCUT2D eigenvalue weighted by Gasteiger charge is -2.29. The summed E-state index contributed by atoms with van der Waals surface area (Å²) in [6.45, 7) is 5.69. The van der Waals surface area contributed by atoms with Crippen LogP contribution in [0.1, 0.15) is 44.2 Å². The van der Waals surface area contributed by atoms with Crippen molar-refractivity contribution in [1.82, 2.24) is 10.6 Å². The summed E-state index contributed by atoms with van der Waals surface area (Å²) >= 11 is 0. The van der Waals surface area contributed by atoms with Gasteiger partial charge < -0.3 is 25.2 Å². The van der Waals surface area contributed by atoms with Crippen LogP contribution in [0.25, 0.3) is 11.1 Å². The molecule has 4 rings (SSSR count). The predicted molar refractivity (Wildman–Crippen MR) is 130 cm³/mol. The number of carbonyl (C=O) groups is 3. The van der Waals surface area contributed by atoms with Crippen LogP contribution in [0.5, 0.6) is 0 Å². The molecule has 0 spiro atoms. The van der Waals surface area contributed by atoms with Gasteiger partial charge in [-0.1, -0.05) is 48.5 Å². The highest BCUT2D eigenvalue weighted by Crippen LogP contribution is 2.44. The minimum absolute atomic E-state index is 0.0553. The van der Waals surface area contributed by atoms with E-state index in [9.17, 15) is 19.5 Å². The highest BCUT2D eigenvalue weighted by Gasteiger charge is 2.47. The van der Waals surface area contributed by atoms with E-state index in [-0.39, 0.29) is 44.6 Å². The number of rotatable bonds is 8. The monoisotopic (exact) mass is 480 g/mol. The molecule has 3 N–H and O–H groups in total. The molecule has 8 nitrogen and oxygen atoms in total. The number of alkyl carbamates (subject to hydrolysis) is 1. The highest BCUT2D eigenvalue weighted by atomic mass is 16.5. The van der Waals surface area contributed by atoms with Gasteiger partial charge in [0.15, 0.2) is 0 Å². The Hall–Kier alpha value is -3.39. The molecule has 0 saturated carbocycles. The summed E-state index contributed by atoms with van der Waals surface area (Å²) < 4.78 is 11.2. The Balaban J connectivity index is 1.35. The molecule has 35 heavy (non-hydrogen) atoms. The van der Waals surface area contributed by atoms with Crippen LogP contribution < -0.4 is 10.6 Å². The highest BCUT2D eigenvalue weighted by molar-refractivity contribution is 5.85. The lowest BCUT2D eigenvalue weighted by atomic mass is 9.83. The van der Waals surface area contributed by atoms with E-state index in [0.29, 0.717) is 0 Å². The summed E-state index contributed by atoms with van der Waals surface area (Å²) in [5.74, 6) is -1.27. The number of carboxylic acids is 1. The molecule has 0 aromatic heterocycles. The fraction of sp³-hybridized carbons (Fsp3) is 0.444. The Bertz CT molecular complexity index is 1080. The van der Waals surface area contributed by atoms with Crippen molar-refractivity contribution in [3.63, 3.8) is 0 Å². The molecule has 0 radical (unpaired) electrons. The molecular weight excluding hydrogens is 448 g/mol. The number of hydrogen-bond donors (Lipinski definition) is 3. The number of nitrogens with one attached hydrogen (secondary N) is 2. The van der Waals surface area contributed by atoms with Crippen molar-refractivity contribution >= 4 is 18.0 Å². The van der Waals surface area contributed by atoms with E-state index >= 15 is 0 Å². The molecule has 1 saturated heterocycles. The lowest BCUT2D eigenvalue weighted by Crippen LogP contribution is -2.54. The number of carbonyl (C=O) groups excluding carboxylic acids is 2. The molecule has 1 fully saturated rings. The first-order valence-corrected chi connectivity index (χ1v) is 11.8. The van der Waals surface area contributed by atoms with Gasteiger partial charge in [-0.05, 0) is 49.4 Å². The number of ether oxygens (including phenoxy) is 2. The molecule has 1 heterocycles. The van der Waals surface area contributed by atoms with Crippen LogP contribution in [-0.4, -0.2) is 55.5 Å². The molecule has 0 bridgehead atoms. The molecular formula is C27H32N2O6. The van der Waals surface area contributed by atoms with Gasteiger partial charge in [-0.25, -0.2) is 4.79 Å². The number of carboxylic acid groups (broad SMARTS) is 1. The van der Waals surface area contributed by atoms with Gasteiger partial charge in [0.05, 0.1) is 30.1 Å². The molecule has 1 aliphatic carbocycles. The second kappa shape index (κ2) is 9.70. The fourth-order valence-electron chi connectivity index (χ4n) is 4.68. The second-order valence-electron chi connectivity index (χ2n) is 10.2. The van der Waals surface area contributed by atoms with Crippen molar-refractivity contribution in [2.75, 3.05) is 26.4 Å². The van der Waals surface area contributed by atoms with Gasteiger partial charge in [0.25, 0.3) is 0 Å². The number of hydrogen-bond acceptors (Lipinski definition) is 5. The van der Waals surface area contributed by atoms with Crippen LogP contribution in [0, 0.1) is 10.8 Å². The molecule has 1 aliphatic heterocycles. The number of aliphatic carboxylic acids is 1. The molecule has 186 valence electrons. The van der Waals surface area contributed by atoms with Gasteiger partial charge in [0.1, 0.15) is 6.61 Å². The first-order valence-electron chi connectivity index (χ1n) is 11.8. The Morgan fingerprint density at radius 3 is 2.29 bits per heavy atom. The zero-order valence-electron chi connectivity index (χ0n) is 20.3. The lowest BCUT2D eigenvalue weighted by molar-refractivity contribution is -0.147. The maximum Gasteiger partial charge on any atom is 0.407 e. The van der Waals surface area contributed by atoms with Gasteiger partial charge in [0.2, 0.25) is 5.91 Å². The quantitative estimate of drug-likeness (QED) is 0.533. The van der Waals surface area contributed by atoms with E-state index in [0.717, 1.165) is 22.3 Å². The van der Waals surface area contributed by atoms with Crippen molar-refractivity contribution in [3.05, 3.63) is 59.7 Å². The SMILES string of the molecule is CC(C)(CCNC(=O)C1(C)COCC1NC(=O)OCC1c2ccccc2-c2ccccc21)C(=O)O. The molecule has 2 unspecified atom stereocenters. The van der Waals surface area contributed by atoms with Crippen molar-refractivity contribution in [1.29, 1.82) is 0 Å². The first-order chi connectivity index (χ1) is 16.6. The number of amides is 2. The Kier molecular flexibility index (Phi) is 6.85. The van der Waals surface area contributed by atoms with E-state index in [4.69, 9.17) is 9.47 Å². The third kappa shape index (κ3) is 4.89. The summed E-state index contributed by atoms with van der Waals surface area (Å²) in [4.78, 5) is 36.9. The average molecular weight is 481 g/mol. The van der Waals surface area contributed by atoms with E-state index in [2.05, 4.69) is 34.9 Å². The van der Waals surface area contributed by atoms with Gasteiger partial charge in [-0.2, -0.15) is 0 Å². The third-order valence-corrected chi connectivity index (χ3v) is 7.22. The Morgan fingerprint density at radius 2 is 1.69 bits per heavy atom. The van der Waals surface area contributed by atoms with Gasteiger partial charge in [-0.3, -0.25) is 9.59 Å². The summed E-state index contributed by atoms with van der Waals surface area (Å²) in [6, 6.07) is 15.7. The average Bonchev–Trinajstić information content (AvgIpc) is 3.36. The smallest absolute Gasteiger partial charge is 0.407 e. The van der Waals surface area contributed by atoms with E-state index < -0.39 is 28.9 Å². The molecule has 2 aromatic carbocycles. The minimum Gasteiger partial charge on any atom is -0.481 e. The third-order valence-electron chi connectivity index (χ3n) is 7.22. The maximum absolute atomic E-state index is 12.9. The summed E-state index contributed by atoms with van der Waals surface area (Å²) in [5, 5.41) is 14.9. The van der Waals surface area contributed by atoms with Crippen molar-refractivity contribution < 1.29 is 29.0 Å². The van der Waals surface area contributed by atoms with E-state index in [1.165, 1.54) is 0 Å². The van der Waals surface area contributed by atoms with Crippen LogP contribution in [0.2, 0.25) is 0 Å². The van der Waals surface area contributed by atoms with Gasteiger partial charge in [-0.15, -0.1) is 0 Å². The van der Waals surface area contributed by atoms with Crippen LogP contribution in [0.4, 0.5) is 4.79 Å². The van der Waals surface area contributed by atoms with Crippen molar-refractivity contribution in [2.24, 2.45) is 10.8 Å². The number of benzene rings is 2. The van der Waals surface area contributed by atoms with Gasteiger partial charge in [0, 0.05) is 12.5 Å². The standard InChI is InChI=1S/C27H32N2O6/c1-26(2,24(31)32)12-13-28-23(30)27(3)16-34-15-22(27)29-25(33)35-14-21-19-10-6-4-8-17(19)18-9-5-7-11-20(18)21/h4-11,21-22H,12-16H2,1-3H3,(H,28,30)(H,29,33)(H,31,32). The second-order valence-corrected chi connectivity index (χ2v) is 10.2. The van der Waals surface area contributed by atoms with Crippen LogP contribution in [0.3, 0.4) is 0 Å². The maximum atomic E-state index is 12.9. The molecule has 2 amide bonds. The van der Waals surface area contributed by atoms with E-state index in [1.54, 1.807) is 20.8 Å². The molecule has 2 atom stereocenters. The molecule has 2 aliphatic rings. The zero-order chi connectivity index (χ0) is 25.2. The first kappa shape index (κ1) is 24.7. The van der Waals surface area contributed by atoms with Crippen LogP contribution >= 0.6 is 0 Å². The summed E-state index contributed by atoms with van der Waals surface area (Å²) in [6.07, 6.45) is -0.316. The van der Waals surface area contributed by atoms with Gasteiger partial charge >= 0.3 is 12.1 Å². The Morgan fingerprint density at radius 1 is 1.09 bits per heavy atom. The predicted octanol–water partition coefficient (Wildman–Crippen LogP) is 3.55. The zero-order valence-corrected chi connectivity index (χ0v) is 20.3. The summed E-state index contributed by atoms with van der Waals surface area (Å²) in [5.41, 5.74) is 2.62. The van der Waals surface area contributed by atoms with Crippen molar-refractivity contribution in [3.8, 4) is 11.1 Å². The molecule has 8 heteroatoms. The van der Waals surface area contributed by atoms with Crippen LogP contribution in [-0.2, 0) is 19.1 Å². The molecule has 2 aromatic rings. The topological polar surface area (TPSA) is 114 Å². The number of fused-ring (bicyclic) bond motifs is 3. The summed E-state index contributed by atoms with van der Waals surface area (Å²) in [7, 11) is 0.